The van der Waals surface area contributed by atoms with Gasteiger partial charge in [-0.15, -0.1) is 0 Å². The zero-order valence-corrected chi connectivity index (χ0v) is 8.64. The van der Waals surface area contributed by atoms with E-state index in [1.54, 1.807) is 24.3 Å². The van der Waals surface area contributed by atoms with Crippen molar-refractivity contribution in [1.82, 2.24) is 0 Å². The number of hydrogen-bond donors (Lipinski definition) is 1. The molecular weight excluding hydrogens is 192 g/mol. The second kappa shape index (κ2) is 5.86. The molecule has 0 heterocycles. The van der Waals surface area contributed by atoms with Gasteiger partial charge in [-0.3, -0.25) is 0 Å². The van der Waals surface area contributed by atoms with Gasteiger partial charge in [-0.25, -0.2) is 4.79 Å². The smallest absolute Gasteiger partial charge is 0.330 e. The highest BCUT2D eigenvalue weighted by Crippen LogP contribution is 2.16. The van der Waals surface area contributed by atoms with Crippen LogP contribution in [0.5, 0.6) is 5.75 Å². The lowest BCUT2D eigenvalue weighted by Gasteiger charge is -1.98. The molecule has 0 bridgehead atoms. The Balaban J connectivity index is 2.58. The molecule has 0 spiro atoms. The minimum absolute atomic E-state index is 0.150. The van der Waals surface area contributed by atoms with Crippen LogP contribution in [0.2, 0.25) is 0 Å². The van der Waals surface area contributed by atoms with Crippen LogP contribution in [0.15, 0.2) is 30.3 Å². The molecule has 0 aliphatic carbocycles. The predicted molar refractivity (Wildman–Crippen MR) is 58.4 cm³/mol. The Labute approximate surface area is 89.0 Å². The molecule has 0 atom stereocenters. The molecule has 0 aliphatic heterocycles. The normalized spacial score (nSPS) is 10.5. The molecule has 1 aromatic rings. The Morgan fingerprint density at radius 1 is 1.47 bits per heavy atom. The average molecular weight is 206 g/mol. The van der Waals surface area contributed by atoms with E-state index in [1.807, 2.05) is 6.92 Å². The second-order valence-corrected chi connectivity index (χ2v) is 3.06. The van der Waals surface area contributed by atoms with Crippen LogP contribution in [0.3, 0.4) is 0 Å². The van der Waals surface area contributed by atoms with Gasteiger partial charge in [0.2, 0.25) is 0 Å². The van der Waals surface area contributed by atoms with Gasteiger partial charge in [0.25, 0.3) is 0 Å². The third-order valence-electron chi connectivity index (χ3n) is 1.78. The minimum atomic E-state index is -0.389. The Kier molecular flexibility index (Phi) is 4.41. The zero-order valence-electron chi connectivity index (χ0n) is 8.64. The Morgan fingerprint density at radius 3 is 2.87 bits per heavy atom. The first kappa shape index (κ1) is 11.3. The fraction of sp³-hybridized carbons (Fsp3) is 0.250. The van der Waals surface area contributed by atoms with E-state index in [2.05, 4.69) is 0 Å². The molecule has 3 nitrogen and oxygen atoms in total. The zero-order chi connectivity index (χ0) is 11.1. The van der Waals surface area contributed by atoms with Gasteiger partial charge in [-0.2, -0.15) is 0 Å². The SMILES string of the molecule is CCCOC(=O)/C=C/c1ccccc1O. The Morgan fingerprint density at radius 2 is 2.20 bits per heavy atom. The van der Waals surface area contributed by atoms with Crippen LogP contribution >= 0.6 is 0 Å². The summed E-state index contributed by atoms with van der Waals surface area (Å²) >= 11 is 0. The van der Waals surface area contributed by atoms with Crippen molar-refractivity contribution in [2.75, 3.05) is 6.61 Å². The Hall–Kier alpha value is -1.77. The predicted octanol–water partition coefficient (Wildman–Crippen LogP) is 2.36. The van der Waals surface area contributed by atoms with Crippen molar-refractivity contribution in [3.05, 3.63) is 35.9 Å². The van der Waals surface area contributed by atoms with Crippen LogP contribution in [0, 0.1) is 0 Å². The van der Waals surface area contributed by atoms with Crippen molar-refractivity contribution >= 4 is 12.0 Å². The van der Waals surface area contributed by atoms with Crippen molar-refractivity contribution in [2.45, 2.75) is 13.3 Å². The second-order valence-electron chi connectivity index (χ2n) is 3.06. The van der Waals surface area contributed by atoms with E-state index < -0.39 is 0 Å². The van der Waals surface area contributed by atoms with E-state index in [-0.39, 0.29) is 11.7 Å². The standard InChI is InChI=1S/C12H14O3/c1-2-9-15-12(14)8-7-10-5-3-4-6-11(10)13/h3-8,13H,2,9H2,1H3/b8-7+. The fourth-order valence-electron chi connectivity index (χ4n) is 1.04. The number of carbonyl (C=O) groups excluding carboxylic acids is 1. The van der Waals surface area contributed by atoms with Crippen molar-refractivity contribution in [3.63, 3.8) is 0 Å². The number of benzene rings is 1. The molecule has 1 rings (SSSR count). The molecule has 80 valence electrons. The summed E-state index contributed by atoms with van der Waals surface area (Å²) in [6.07, 6.45) is 3.65. The lowest BCUT2D eigenvalue weighted by Crippen LogP contribution is -2.00. The number of ether oxygens (including phenoxy) is 1. The van der Waals surface area contributed by atoms with Crippen LogP contribution in [0.25, 0.3) is 6.08 Å². The number of esters is 1. The average Bonchev–Trinajstić information content (AvgIpc) is 2.25. The summed E-state index contributed by atoms with van der Waals surface area (Å²) in [4.78, 5) is 11.1. The minimum Gasteiger partial charge on any atom is -0.507 e. The third-order valence-corrected chi connectivity index (χ3v) is 1.78. The first-order valence-corrected chi connectivity index (χ1v) is 4.87. The molecule has 0 unspecified atom stereocenters. The molecule has 0 saturated heterocycles. The number of phenols is 1. The first-order chi connectivity index (χ1) is 7.24. The number of aromatic hydroxyl groups is 1. The summed E-state index contributed by atoms with van der Waals surface area (Å²) in [7, 11) is 0. The van der Waals surface area contributed by atoms with E-state index in [9.17, 15) is 9.90 Å². The highest BCUT2D eigenvalue weighted by atomic mass is 16.5. The number of carbonyl (C=O) groups is 1. The molecule has 0 fully saturated rings. The molecule has 0 saturated carbocycles. The Bertz CT molecular complexity index is 356. The third kappa shape index (κ3) is 3.85. The maximum Gasteiger partial charge on any atom is 0.330 e. The van der Waals surface area contributed by atoms with Crippen molar-refractivity contribution < 1.29 is 14.6 Å². The monoisotopic (exact) mass is 206 g/mol. The number of para-hydroxylation sites is 1. The highest BCUT2D eigenvalue weighted by molar-refractivity contribution is 5.87. The van der Waals surface area contributed by atoms with Crippen LogP contribution in [-0.2, 0) is 9.53 Å². The first-order valence-electron chi connectivity index (χ1n) is 4.87. The van der Waals surface area contributed by atoms with Crippen LogP contribution in [-0.4, -0.2) is 17.7 Å². The molecule has 1 aromatic carbocycles. The van der Waals surface area contributed by atoms with E-state index in [4.69, 9.17) is 4.74 Å². The summed E-state index contributed by atoms with van der Waals surface area (Å²) in [5.41, 5.74) is 0.603. The topological polar surface area (TPSA) is 46.5 Å². The largest absolute Gasteiger partial charge is 0.507 e. The van der Waals surface area contributed by atoms with Crippen molar-refractivity contribution in [2.24, 2.45) is 0 Å². The summed E-state index contributed by atoms with van der Waals surface area (Å²) in [5, 5.41) is 9.40. The highest BCUT2D eigenvalue weighted by Gasteiger charge is 1.97. The molecule has 0 amide bonds. The van der Waals surface area contributed by atoms with Crippen LogP contribution in [0.1, 0.15) is 18.9 Å². The quantitative estimate of drug-likeness (QED) is 0.607. The van der Waals surface area contributed by atoms with Gasteiger partial charge in [0.1, 0.15) is 5.75 Å². The maximum atomic E-state index is 11.1. The van der Waals surface area contributed by atoms with Crippen LogP contribution < -0.4 is 0 Å². The molecule has 0 aromatic heterocycles. The summed E-state index contributed by atoms with van der Waals surface area (Å²) in [5.74, 6) is -0.239. The van der Waals surface area contributed by atoms with E-state index >= 15 is 0 Å². The summed E-state index contributed by atoms with van der Waals surface area (Å²) in [6, 6.07) is 6.80. The molecule has 0 aliphatic rings. The number of hydrogen-bond acceptors (Lipinski definition) is 3. The van der Waals surface area contributed by atoms with Gasteiger partial charge in [0.15, 0.2) is 0 Å². The van der Waals surface area contributed by atoms with Crippen LogP contribution in [0.4, 0.5) is 0 Å². The molecule has 0 radical (unpaired) electrons. The van der Waals surface area contributed by atoms with Gasteiger partial charge < -0.3 is 9.84 Å². The lowest BCUT2D eigenvalue weighted by molar-refractivity contribution is -0.137. The van der Waals surface area contributed by atoms with Gasteiger partial charge in [-0.05, 0) is 18.6 Å². The van der Waals surface area contributed by atoms with E-state index in [0.29, 0.717) is 12.2 Å². The fourth-order valence-corrected chi connectivity index (χ4v) is 1.04. The van der Waals surface area contributed by atoms with E-state index in [0.717, 1.165) is 6.42 Å². The van der Waals surface area contributed by atoms with Gasteiger partial charge in [0.05, 0.1) is 6.61 Å². The molecular formula is C12H14O3. The summed E-state index contributed by atoms with van der Waals surface area (Å²) < 4.78 is 4.85. The molecule has 3 heteroatoms. The maximum absolute atomic E-state index is 11.1. The molecule has 1 N–H and O–H groups in total. The van der Waals surface area contributed by atoms with Gasteiger partial charge in [-0.1, -0.05) is 25.1 Å². The summed E-state index contributed by atoms with van der Waals surface area (Å²) in [6.45, 7) is 2.35. The van der Waals surface area contributed by atoms with E-state index in [1.165, 1.54) is 12.2 Å². The molecule has 15 heavy (non-hydrogen) atoms. The van der Waals surface area contributed by atoms with Gasteiger partial charge >= 0.3 is 5.97 Å². The number of rotatable bonds is 4. The van der Waals surface area contributed by atoms with Gasteiger partial charge in [0, 0.05) is 11.6 Å². The van der Waals surface area contributed by atoms with Crippen molar-refractivity contribution in [3.8, 4) is 5.75 Å². The number of phenolic OH excluding ortho intramolecular Hbond substituents is 1. The lowest BCUT2D eigenvalue weighted by atomic mass is 10.2. The van der Waals surface area contributed by atoms with Crippen molar-refractivity contribution in [1.29, 1.82) is 0 Å².